The lowest BCUT2D eigenvalue weighted by Crippen LogP contribution is -2.17. The summed E-state index contributed by atoms with van der Waals surface area (Å²) in [6.07, 6.45) is 6.37. The minimum atomic E-state index is 0.0336. The first-order chi connectivity index (χ1) is 7.06. The number of anilines is 1. The molecule has 0 unspecified atom stereocenters. The monoisotopic (exact) mass is 204 g/mol. The van der Waals surface area contributed by atoms with Crippen molar-refractivity contribution in [3.8, 4) is 0 Å². The molecular weight excluding hydrogens is 188 g/mol. The predicted octanol–water partition coefficient (Wildman–Crippen LogP) is 2.00. The number of hydrogen-bond donors (Lipinski definition) is 1. The number of aromatic nitrogens is 3. The van der Waals surface area contributed by atoms with E-state index < -0.39 is 0 Å². The van der Waals surface area contributed by atoms with Crippen molar-refractivity contribution >= 4 is 11.3 Å². The van der Waals surface area contributed by atoms with Gasteiger partial charge in [-0.3, -0.25) is 0 Å². The topological polar surface area (TPSA) is 56.2 Å². The van der Waals surface area contributed by atoms with E-state index in [-0.39, 0.29) is 5.41 Å². The summed E-state index contributed by atoms with van der Waals surface area (Å²) in [5.74, 6) is 0.548. The molecule has 0 aliphatic heterocycles. The van der Waals surface area contributed by atoms with Gasteiger partial charge in [-0.1, -0.05) is 20.8 Å². The molecule has 0 aromatic carbocycles. The van der Waals surface area contributed by atoms with Crippen LogP contribution < -0.4 is 5.73 Å². The van der Waals surface area contributed by atoms with E-state index in [1.165, 1.54) is 0 Å². The van der Waals surface area contributed by atoms with Crippen LogP contribution in [0.5, 0.6) is 0 Å². The highest BCUT2D eigenvalue weighted by Gasteiger charge is 2.24. The Labute approximate surface area is 89.2 Å². The number of hydrogen-bond acceptors (Lipinski definition) is 3. The molecule has 0 saturated carbocycles. The molecular formula is C11H16N4. The van der Waals surface area contributed by atoms with Crippen LogP contribution in [-0.2, 0) is 5.41 Å². The van der Waals surface area contributed by atoms with Crippen molar-refractivity contribution in [2.45, 2.75) is 32.6 Å². The van der Waals surface area contributed by atoms with Gasteiger partial charge in [0.25, 0.3) is 0 Å². The molecule has 2 aromatic heterocycles. The molecule has 0 atom stereocenters. The third-order valence-electron chi connectivity index (χ3n) is 3.00. The molecule has 2 aromatic rings. The van der Waals surface area contributed by atoms with Crippen LogP contribution in [0.15, 0.2) is 18.7 Å². The molecule has 0 amide bonds. The number of nitrogens with zero attached hydrogens (tertiary/aromatic N) is 3. The fourth-order valence-electron chi connectivity index (χ4n) is 1.64. The summed E-state index contributed by atoms with van der Waals surface area (Å²) in [6, 6.07) is 0. The van der Waals surface area contributed by atoms with Gasteiger partial charge in [0.1, 0.15) is 11.3 Å². The van der Waals surface area contributed by atoms with Crippen LogP contribution in [-0.4, -0.2) is 14.4 Å². The average Bonchev–Trinajstić information content (AvgIpc) is 2.63. The lowest BCUT2D eigenvalue weighted by molar-refractivity contribution is 0.497. The molecule has 0 aliphatic carbocycles. The molecule has 15 heavy (non-hydrogen) atoms. The summed E-state index contributed by atoms with van der Waals surface area (Å²) < 4.78 is 1.93. The number of imidazole rings is 1. The van der Waals surface area contributed by atoms with Crippen LogP contribution in [0.4, 0.5) is 5.82 Å². The molecule has 80 valence electrons. The second kappa shape index (κ2) is 3.22. The van der Waals surface area contributed by atoms with E-state index in [1.807, 2.05) is 10.6 Å². The standard InChI is InChI=1S/C11H16N4/c1-4-11(2,3)9-8-10(12)13-5-6-15(8)7-14-9/h5-7H,4H2,1-3H3,(H2,12,13). The van der Waals surface area contributed by atoms with Gasteiger partial charge in [-0.25, -0.2) is 9.97 Å². The SMILES string of the molecule is CCC(C)(C)c1ncn2ccnc(N)c12. The quantitative estimate of drug-likeness (QED) is 0.814. The highest BCUT2D eigenvalue weighted by Crippen LogP contribution is 2.30. The van der Waals surface area contributed by atoms with Gasteiger partial charge in [0.2, 0.25) is 0 Å². The Morgan fingerprint density at radius 1 is 1.40 bits per heavy atom. The smallest absolute Gasteiger partial charge is 0.149 e. The van der Waals surface area contributed by atoms with Gasteiger partial charge in [0.15, 0.2) is 0 Å². The third kappa shape index (κ3) is 1.46. The molecule has 4 nitrogen and oxygen atoms in total. The van der Waals surface area contributed by atoms with Gasteiger partial charge in [-0.05, 0) is 6.42 Å². The van der Waals surface area contributed by atoms with E-state index in [9.17, 15) is 0 Å². The van der Waals surface area contributed by atoms with E-state index in [4.69, 9.17) is 5.73 Å². The Kier molecular flexibility index (Phi) is 2.14. The van der Waals surface area contributed by atoms with Gasteiger partial charge < -0.3 is 10.1 Å². The van der Waals surface area contributed by atoms with Gasteiger partial charge in [-0.2, -0.15) is 0 Å². The molecule has 2 heterocycles. The van der Waals surface area contributed by atoms with E-state index in [1.54, 1.807) is 12.5 Å². The molecule has 4 heteroatoms. The van der Waals surface area contributed by atoms with Gasteiger partial charge in [-0.15, -0.1) is 0 Å². The zero-order valence-electron chi connectivity index (χ0n) is 9.36. The van der Waals surface area contributed by atoms with Crippen molar-refractivity contribution in [2.75, 3.05) is 5.73 Å². The minimum absolute atomic E-state index is 0.0336. The molecule has 0 fully saturated rings. The Bertz CT molecular complexity index is 484. The Morgan fingerprint density at radius 3 is 2.80 bits per heavy atom. The summed E-state index contributed by atoms with van der Waals surface area (Å²) in [6.45, 7) is 6.49. The number of fused-ring (bicyclic) bond motifs is 1. The van der Waals surface area contributed by atoms with Crippen LogP contribution in [0.2, 0.25) is 0 Å². The van der Waals surface area contributed by atoms with Crippen LogP contribution in [0.3, 0.4) is 0 Å². The minimum Gasteiger partial charge on any atom is -0.382 e. The molecule has 0 saturated heterocycles. The Hall–Kier alpha value is -1.58. The number of nitrogens with two attached hydrogens (primary N) is 1. The molecule has 0 radical (unpaired) electrons. The van der Waals surface area contributed by atoms with Crippen LogP contribution in [0, 0.1) is 0 Å². The number of nitrogen functional groups attached to an aromatic ring is 1. The van der Waals surface area contributed by atoms with Gasteiger partial charge >= 0.3 is 0 Å². The summed E-state index contributed by atoms with van der Waals surface area (Å²) in [7, 11) is 0. The highest BCUT2D eigenvalue weighted by molar-refractivity contribution is 5.69. The Balaban J connectivity index is 2.73. The van der Waals surface area contributed by atoms with E-state index in [0.717, 1.165) is 17.6 Å². The second-order valence-electron chi connectivity index (χ2n) is 4.40. The fraction of sp³-hybridized carbons (Fsp3) is 0.455. The zero-order chi connectivity index (χ0) is 11.1. The van der Waals surface area contributed by atoms with Crippen molar-refractivity contribution in [1.82, 2.24) is 14.4 Å². The molecule has 0 spiro atoms. The van der Waals surface area contributed by atoms with Gasteiger partial charge in [0, 0.05) is 17.8 Å². The summed E-state index contributed by atoms with van der Waals surface area (Å²) >= 11 is 0. The first-order valence-corrected chi connectivity index (χ1v) is 5.14. The largest absolute Gasteiger partial charge is 0.382 e. The second-order valence-corrected chi connectivity index (χ2v) is 4.40. The zero-order valence-corrected chi connectivity index (χ0v) is 9.36. The van der Waals surface area contributed by atoms with E-state index in [2.05, 4.69) is 30.7 Å². The highest BCUT2D eigenvalue weighted by atomic mass is 15.0. The maximum atomic E-state index is 5.88. The Morgan fingerprint density at radius 2 is 2.13 bits per heavy atom. The van der Waals surface area contributed by atoms with Crippen molar-refractivity contribution < 1.29 is 0 Å². The summed E-state index contributed by atoms with van der Waals surface area (Å²) in [4.78, 5) is 8.55. The van der Waals surface area contributed by atoms with Gasteiger partial charge in [0.05, 0.1) is 12.0 Å². The fourth-order valence-corrected chi connectivity index (χ4v) is 1.64. The molecule has 0 aliphatic rings. The molecule has 0 bridgehead atoms. The molecule has 2 rings (SSSR count). The molecule has 2 N–H and O–H groups in total. The van der Waals surface area contributed by atoms with Crippen molar-refractivity contribution in [3.63, 3.8) is 0 Å². The maximum Gasteiger partial charge on any atom is 0.149 e. The normalized spacial score (nSPS) is 12.2. The predicted molar refractivity (Wildman–Crippen MR) is 60.7 cm³/mol. The summed E-state index contributed by atoms with van der Waals surface area (Å²) in [5, 5.41) is 0. The van der Waals surface area contributed by atoms with Crippen LogP contribution in [0.25, 0.3) is 5.52 Å². The van der Waals surface area contributed by atoms with Crippen LogP contribution in [0.1, 0.15) is 32.9 Å². The van der Waals surface area contributed by atoms with Crippen molar-refractivity contribution in [2.24, 2.45) is 0 Å². The first kappa shape index (κ1) is 9.96. The van der Waals surface area contributed by atoms with Crippen LogP contribution >= 0.6 is 0 Å². The summed E-state index contributed by atoms with van der Waals surface area (Å²) in [5.41, 5.74) is 7.87. The lowest BCUT2D eigenvalue weighted by Gasteiger charge is -2.20. The lowest BCUT2D eigenvalue weighted by atomic mass is 9.86. The number of rotatable bonds is 2. The third-order valence-corrected chi connectivity index (χ3v) is 3.00. The van der Waals surface area contributed by atoms with Crippen molar-refractivity contribution in [3.05, 3.63) is 24.4 Å². The first-order valence-electron chi connectivity index (χ1n) is 5.14. The average molecular weight is 204 g/mol. The van der Waals surface area contributed by atoms with E-state index >= 15 is 0 Å². The van der Waals surface area contributed by atoms with E-state index in [0.29, 0.717) is 5.82 Å². The van der Waals surface area contributed by atoms with Crippen molar-refractivity contribution in [1.29, 1.82) is 0 Å². The maximum absolute atomic E-state index is 5.88.